The topological polar surface area (TPSA) is 37.6 Å². The quantitative estimate of drug-likeness (QED) is 0.798. The summed E-state index contributed by atoms with van der Waals surface area (Å²) in [6, 6.07) is 10.2. The minimum Gasteiger partial charge on any atom is -0.467 e. The lowest BCUT2D eigenvalue weighted by molar-refractivity contribution is 0.160. The molecule has 0 radical (unpaired) electrons. The first-order valence-electron chi connectivity index (χ1n) is 7.70. The van der Waals surface area contributed by atoms with E-state index in [0.717, 1.165) is 11.4 Å². The first kappa shape index (κ1) is 17.5. The van der Waals surface area contributed by atoms with E-state index >= 15 is 0 Å². The molecule has 0 bridgehead atoms. The Bertz CT molecular complexity index is 640. The molecule has 0 saturated heterocycles. The molecule has 1 aromatic heterocycles. The van der Waals surface area contributed by atoms with Gasteiger partial charge in [0.25, 0.3) is 0 Å². The number of hydrogen-bond acceptors (Lipinski definition) is 3. The predicted octanol–water partition coefficient (Wildman–Crippen LogP) is 4.30. The molecule has 1 N–H and O–H groups in total. The molecule has 1 aromatic carbocycles. The predicted molar refractivity (Wildman–Crippen MR) is 97.8 cm³/mol. The van der Waals surface area contributed by atoms with Crippen molar-refractivity contribution in [2.24, 2.45) is 0 Å². The fourth-order valence-corrected chi connectivity index (χ4v) is 2.84. The molecular formula is C18H24N2O2S. The largest absolute Gasteiger partial charge is 0.467 e. The molecule has 2 aromatic rings. The first-order valence-corrected chi connectivity index (χ1v) is 8.11. The number of thiocarbonyl (C=S) groups is 1. The molecule has 23 heavy (non-hydrogen) atoms. The van der Waals surface area contributed by atoms with Gasteiger partial charge in [-0.1, -0.05) is 17.7 Å². The molecule has 1 unspecified atom stereocenters. The van der Waals surface area contributed by atoms with Crippen molar-refractivity contribution >= 4 is 23.0 Å². The number of hydrogen-bond donors (Lipinski definition) is 1. The van der Waals surface area contributed by atoms with E-state index in [0.29, 0.717) is 18.3 Å². The van der Waals surface area contributed by atoms with Crippen LogP contribution in [0, 0.1) is 13.8 Å². The molecule has 0 aliphatic heterocycles. The third-order valence-corrected chi connectivity index (χ3v) is 4.18. The van der Waals surface area contributed by atoms with Gasteiger partial charge in [0, 0.05) is 19.3 Å². The highest BCUT2D eigenvalue weighted by molar-refractivity contribution is 7.80. The average Bonchev–Trinajstić information content (AvgIpc) is 3.04. The van der Waals surface area contributed by atoms with Crippen molar-refractivity contribution in [1.82, 2.24) is 4.90 Å². The van der Waals surface area contributed by atoms with E-state index in [4.69, 9.17) is 21.4 Å². The van der Waals surface area contributed by atoms with Gasteiger partial charge in [0.2, 0.25) is 0 Å². The maximum Gasteiger partial charge on any atom is 0.174 e. The zero-order valence-corrected chi connectivity index (χ0v) is 14.9. The van der Waals surface area contributed by atoms with Crippen molar-refractivity contribution in [3.63, 3.8) is 0 Å². The highest BCUT2D eigenvalue weighted by Gasteiger charge is 2.21. The van der Waals surface area contributed by atoms with Crippen LogP contribution in [0.1, 0.15) is 29.9 Å². The number of ether oxygens (including phenoxy) is 1. The van der Waals surface area contributed by atoms with Gasteiger partial charge < -0.3 is 19.4 Å². The van der Waals surface area contributed by atoms with Gasteiger partial charge in [0.15, 0.2) is 5.11 Å². The van der Waals surface area contributed by atoms with Gasteiger partial charge in [-0.15, -0.1) is 0 Å². The zero-order chi connectivity index (χ0) is 16.8. The van der Waals surface area contributed by atoms with Crippen molar-refractivity contribution in [2.45, 2.75) is 26.8 Å². The Labute approximate surface area is 143 Å². The summed E-state index contributed by atoms with van der Waals surface area (Å²) in [4.78, 5) is 2.08. The molecule has 0 fully saturated rings. The Balaban J connectivity index is 2.15. The van der Waals surface area contributed by atoms with E-state index in [1.165, 1.54) is 11.1 Å². The van der Waals surface area contributed by atoms with Gasteiger partial charge in [-0.05, 0) is 56.8 Å². The Morgan fingerprint density at radius 1 is 1.35 bits per heavy atom. The fraction of sp³-hybridized carbons (Fsp3) is 0.389. The average molecular weight is 332 g/mol. The van der Waals surface area contributed by atoms with Crippen LogP contribution in [0.25, 0.3) is 0 Å². The number of nitrogens with zero attached hydrogens (tertiary/aromatic N) is 1. The van der Waals surface area contributed by atoms with Crippen LogP contribution in [0.4, 0.5) is 5.69 Å². The number of benzene rings is 1. The van der Waals surface area contributed by atoms with Crippen LogP contribution >= 0.6 is 12.2 Å². The summed E-state index contributed by atoms with van der Waals surface area (Å²) in [5.74, 6) is 0.880. The Kier molecular flexibility index (Phi) is 6.19. The molecule has 0 spiro atoms. The third-order valence-electron chi connectivity index (χ3n) is 3.84. The standard InChI is InChI=1S/C18H24N2O2S/c1-13-7-8-16(14(2)12-13)19-18(23)20(9-11-21-4)15(3)17-6-5-10-22-17/h5-8,10,12,15H,9,11H2,1-4H3,(H,19,23). The maximum absolute atomic E-state index is 5.63. The second kappa shape index (κ2) is 8.13. The molecule has 4 nitrogen and oxygen atoms in total. The Morgan fingerprint density at radius 3 is 2.74 bits per heavy atom. The van der Waals surface area contributed by atoms with E-state index in [-0.39, 0.29) is 6.04 Å². The lowest BCUT2D eigenvalue weighted by Gasteiger charge is -2.30. The van der Waals surface area contributed by atoms with Crippen LogP contribution < -0.4 is 5.32 Å². The molecule has 5 heteroatoms. The number of rotatable bonds is 6. The molecule has 0 saturated carbocycles. The van der Waals surface area contributed by atoms with Gasteiger partial charge in [0.1, 0.15) is 5.76 Å². The molecule has 0 amide bonds. The smallest absolute Gasteiger partial charge is 0.174 e. The molecule has 0 aliphatic carbocycles. The van der Waals surface area contributed by atoms with Crippen molar-refractivity contribution in [2.75, 3.05) is 25.6 Å². The van der Waals surface area contributed by atoms with Crippen LogP contribution in [0.2, 0.25) is 0 Å². The summed E-state index contributed by atoms with van der Waals surface area (Å²) in [6.07, 6.45) is 1.68. The Hall–Kier alpha value is -1.85. The van der Waals surface area contributed by atoms with Gasteiger partial charge in [0.05, 0.1) is 18.9 Å². The van der Waals surface area contributed by atoms with Crippen molar-refractivity contribution in [3.8, 4) is 0 Å². The summed E-state index contributed by atoms with van der Waals surface area (Å²) < 4.78 is 10.7. The zero-order valence-electron chi connectivity index (χ0n) is 14.1. The van der Waals surface area contributed by atoms with E-state index in [1.54, 1.807) is 13.4 Å². The van der Waals surface area contributed by atoms with E-state index in [2.05, 4.69) is 49.2 Å². The van der Waals surface area contributed by atoms with Gasteiger partial charge in [-0.2, -0.15) is 0 Å². The highest BCUT2D eigenvalue weighted by Crippen LogP contribution is 2.23. The summed E-state index contributed by atoms with van der Waals surface area (Å²) in [7, 11) is 1.69. The number of aryl methyl sites for hydroxylation is 2. The molecule has 124 valence electrons. The number of methoxy groups -OCH3 is 1. The minimum atomic E-state index is 0.0332. The molecule has 0 aliphatic rings. The third kappa shape index (κ3) is 4.56. The van der Waals surface area contributed by atoms with Crippen LogP contribution in [-0.4, -0.2) is 30.3 Å². The van der Waals surface area contributed by atoms with Crippen molar-refractivity contribution in [3.05, 3.63) is 53.5 Å². The molecule has 1 atom stereocenters. The second-order valence-electron chi connectivity index (χ2n) is 5.63. The summed E-state index contributed by atoms with van der Waals surface area (Å²) in [5, 5.41) is 4.01. The van der Waals surface area contributed by atoms with Crippen LogP contribution in [0.5, 0.6) is 0 Å². The number of furan rings is 1. The van der Waals surface area contributed by atoms with Gasteiger partial charge in [-0.3, -0.25) is 0 Å². The minimum absolute atomic E-state index is 0.0332. The Morgan fingerprint density at radius 2 is 2.13 bits per heavy atom. The number of anilines is 1. The van der Waals surface area contributed by atoms with Crippen molar-refractivity contribution in [1.29, 1.82) is 0 Å². The summed E-state index contributed by atoms with van der Waals surface area (Å²) in [5.41, 5.74) is 3.43. The van der Waals surface area contributed by atoms with E-state index in [9.17, 15) is 0 Å². The SMILES string of the molecule is COCCN(C(=S)Nc1ccc(C)cc1C)C(C)c1ccco1. The lowest BCUT2D eigenvalue weighted by atomic mass is 10.1. The van der Waals surface area contributed by atoms with Gasteiger partial charge >= 0.3 is 0 Å². The maximum atomic E-state index is 5.63. The summed E-state index contributed by atoms with van der Waals surface area (Å²) in [6.45, 7) is 7.52. The monoisotopic (exact) mass is 332 g/mol. The van der Waals surface area contributed by atoms with Crippen LogP contribution in [0.15, 0.2) is 41.0 Å². The molecule has 2 rings (SSSR count). The van der Waals surface area contributed by atoms with E-state index in [1.807, 2.05) is 12.1 Å². The summed E-state index contributed by atoms with van der Waals surface area (Å²) >= 11 is 5.63. The lowest BCUT2D eigenvalue weighted by Crippen LogP contribution is -2.39. The van der Waals surface area contributed by atoms with Crippen LogP contribution in [0.3, 0.4) is 0 Å². The molecular weight excluding hydrogens is 308 g/mol. The van der Waals surface area contributed by atoms with Crippen LogP contribution in [-0.2, 0) is 4.74 Å². The highest BCUT2D eigenvalue weighted by atomic mass is 32.1. The molecule has 1 heterocycles. The fourth-order valence-electron chi connectivity index (χ4n) is 2.48. The van der Waals surface area contributed by atoms with Crippen molar-refractivity contribution < 1.29 is 9.15 Å². The number of nitrogens with one attached hydrogen (secondary N) is 1. The van der Waals surface area contributed by atoms with Gasteiger partial charge in [-0.25, -0.2) is 0 Å². The van der Waals surface area contributed by atoms with E-state index < -0.39 is 0 Å². The normalized spacial score (nSPS) is 12.0. The second-order valence-corrected chi connectivity index (χ2v) is 6.01. The first-order chi connectivity index (χ1) is 11.0.